The third kappa shape index (κ3) is 5.73. The van der Waals surface area contributed by atoms with E-state index >= 15 is 0 Å². The van der Waals surface area contributed by atoms with Gasteiger partial charge in [0, 0.05) is 50.5 Å². The number of amides is 1. The van der Waals surface area contributed by atoms with Crippen molar-refractivity contribution in [2.45, 2.75) is 0 Å². The molecular weight excluding hydrogens is 487 g/mol. The molecular formula is C27H31FN8O2. The topological polar surface area (TPSA) is 100 Å². The Morgan fingerprint density at radius 2 is 1.95 bits per heavy atom. The van der Waals surface area contributed by atoms with Crippen LogP contribution in [0.1, 0.15) is 0 Å². The number of carbonyl (C=O) groups is 1. The lowest BCUT2D eigenvalue weighted by molar-refractivity contribution is -0.111. The van der Waals surface area contributed by atoms with Crippen molar-refractivity contribution in [3.8, 4) is 17.1 Å². The average Bonchev–Trinajstić information content (AvgIpc) is 3.23. The van der Waals surface area contributed by atoms with E-state index in [1.807, 2.05) is 43.9 Å². The number of fused-ring (bicyclic) bond motifs is 1. The van der Waals surface area contributed by atoms with Crippen LogP contribution in [0.5, 0.6) is 5.88 Å². The molecule has 1 amide bonds. The molecule has 4 rings (SSSR count). The number of aromatic nitrogens is 4. The van der Waals surface area contributed by atoms with Crippen molar-refractivity contribution < 1.29 is 13.9 Å². The highest BCUT2D eigenvalue weighted by Crippen LogP contribution is 2.35. The minimum absolute atomic E-state index is 0.301. The number of rotatable bonds is 10. The van der Waals surface area contributed by atoms with Crippen LogP contribution in [0.4, 0.5) is 27.5 Å². The van der Waals surface area contributed by atoms with Gasteiger partial charge in [-0.05, 0) is 50.5 Å². The Morgan fingerprint density at radius 1 is 1.16 bits per heavy atom. The Hall–Kier alpha value is -4.51. The van der Waals surface area contributed by atoms with Crippen LogP contribution < -0.4 is 20.3 Å². The maximum Gasteiger partial charge on any atom is 0.247 e. The number of likely N-dealkylation sites (N-methyl/N-ethyl adjacent to an activating group) is 2. The summed E-state index contributed by atoms with van der Waals surface area (Å²) in [6, 6.07) is 8.18. The molecule has 0 unspecified atom stereocenters. The van der Waals surface area contributed by atoms with Gasteiger partial charge in [0.1, 0.15) is 11.5 Å². The smallest absolute Gasteiger partial charge is 0.247 e. The quantitative estimate of drug-likeness (QED) is 0.304. The van der Waals surface area contributed by atoms with Crippen molar-refractivity contribution in [3.05, 3.63) is 61.2 Å². The number of carbonyl (C=O) groups excluding carboxylic acids is 1. The summed E-state index contributed by atoms with van der Waals surface area (Å²) < 4.78 is 21.2. The van der Waals surface area contributed by atoms with Crippen molar-refractivity contribution in [1.82, 2.24) is 24.4 Å². The number of hydrogen-bond acceptors (Lipinski definition) is 8. The highest BCUT2D eigenvalue weighted by molar-refractivity contribution is 6.01. The molecule has 198 valence electrons. The SMILES string of the molecule is C=CC(=O)Nc1cc(Nc2nccc(-c3cn(C)c4cc(F)ccc34)n2)c(OC)nc1N(C)CCN(C)C. The second kappa shape index (κ2) is 11.3. The first-order chi connectivity index (χ1) is 18.2. The van der Waals surface area contributed by atoms with Gasteiger partial charge in [-0.25, -0.2) is 14.4 Å². The molecule has 4 aromatic rings. The largest absolute Gasteiger partial charge is 0.479 e. The Labute approximate surface area is 220 Å². The van der Waals surface area contributed by atoms with Crippen LogP contribution in [0.2, 0.25) is 0 Å². The summed E-state index contributed by atoms with van der Waals surface area (Å²) >= 11 is 0. The number of nitrogens with zero attached hydrogens (tertiary/aromatic N) is 6. The number of nitrogens with one attached hydrogen (secondary N) is 2. The summed E-state index contributed by atoms with van der Waals surface area (Å²) in [7, 11) is 9.24. The lowest BCUT2D eigenvalue weighted by Gasteiger charge is -2.24. The van der Waals surface area contributed by atoms with E-state index in [1.54, 1.807) is 24.4 Å². The van der Waals surface area contributed by atoms with Crippen molar-refractivity contribution in [2.24, 2.45) is 7.05 Å². The van der Waals surface area contributed by atoms with Crippen LogP contribution >= 0.6 is 0 Å². The fourth-order valence-electron chi connectivity index (χ4n) is 4.01. The third-order valence-corrected chi connectivity index (χ3v) is 5.98. The van der Waals surface area contributed by atoms with Gasteiger partial charge in [0.2, 0.25) is 17.7 Å². The van der Waals surface area contributed by atoms with E-state index in [4.69, 9.17) is 4.74 Å². The molecule has 0 aliphatic heterocycles. The first-order valence-electron chi connectivity index (χ1n) is 11.9. The average molecular weight is 519 g/mol. The van der Waals surface area contributed by atoms with Crippen molar-refractivity contribution in [1.29, 1.82) is 0 Å². The molecule has 0 saturated heterocycles. The van der Waals surface area contributed by atoms with E-state index in [-0.39, 0.29) is 11.7 Å². The molecule has 0 radical (unpaired) electrons. The van der Waals surface area contributed by atoms with Crippen LogP contribution in [0.3, 0.4) is 0 Å². The predicted molar refractivity (Wildman–Crippen MR) is 149 cm³/mol. The molecule has 0 aliphatic rings. The first-order valence-corrected chi connectivity index (χ1v) is 11.9. The fraction of sp³-hybridized carbons (Fsp3) is 0.259. The molecule has 10 nitrogen and oxygen atoms in total. The van der Waals surface area contributed by atoms with E-state index in [0.29, 0.717) is 41.3 Å². The number of halogens is 1. The summed E-state index contributed by atoms with van der Waals surface area (Å²) in [6.45, 7) is 5.01. The predicted octanol–water partition coefficient (Wildman–Crippen LogP) is 4.04. The summed E-state index contributed by atoms with van der Waals surface area (Å²) in [5.74, 6) is 0.488. The van der Waals surface area contributed by atoms with Crippen LogP contribution in [-0.2, 0) is 11.8 Å². The van der Waals surface area contributed by atoms with Crippen LogP contribution in [0, 0.1) is 5.82 Å². The number of benzene rings is 1. The van der Waals surface area contributed by atoms with Gasteiger partial charge in [-0.1, -0.05) is 6.58 Å². The van der Waals surface area contributed by atoms with Crippen molar-refractivity contribution in [3.63, 3.8) is 0 Å². The molecule has 0 bridgehead atoms. The third-order valence-electron chi connectivity index (χ3n) is 5.98. The van der Waals surface area contributed by atoms with E-state index < -0.39 is 0 Å². The number of ether oxygens (including phenoxy) is 1. The maximum atomic E-state index is 13.8. The first kappa shape index (κ1) is 26.6. The molecule has 1 aromatic carbocycles. The highest BCUT2D eigenvalue weighted by atomic mass is 19.1. The Kier molecular flexibility index (Phi) is 7.87. The van der Waals surface area contributed by atoms with E-state index in [2.05, 4.69) is 37.1 Å². The summed E-state index contributed by atoms with van der Waals surface area (Å²) in [6.07, 6.45) is 4.74. The zero-order chi connectivity index (χ0) is 27.4. The zero-order valence-electron chi connectivity index (χ0n) is 22.1. The summed E-state index contributed by atoms with van der Waals surface area (Å²) in [5.41, 5.74) is 3.21. The normalized spacial score (nSPS) is 11.0. The molecule has 2 N–H and O–H groups in total. The van der Waals surface area contributed by atoms with Crippen molar-refractivity contribution in [2.75, 3.05) is 56.9 Å². The van der Waals surface area contributed by atoms with Gasteiger partial charge >= 0.3 is 0 Å². The Bertz CT molecular complexity index is 1480. The van der Waals surface area contributed by atoms with Gasteiger partial charge in [-0.2, -0.15) is 4.98 Å². The van der Waals surface area contributed by atoms with E-state index in [1.165, 1.54) is 25.3 Å². The van der Waals surface area contributed by atoms with Gasteiger partial charge in [0.25, 0.3) is 0 Å². The fourth-order valence-corrected chi connectivity index (χ4v) is 4.01. The minimum Gasteiger partial charge on any atom is -0.479 e. The molecule has 0 fully saturated rings. The number of pyridine rings is 1. The number of hydrogen-bond donors (Lipinski definition) is 2. The second-order valence-corrected chi connectivity index (χ2v) is 9.04. The van der Waals surface area contributed by atoms with Crippen molar-refractivity contribution >= 4 is 40.0 Å². The van der Waals surface area contributed by atoms with Crippen LogP contribution in [0.25, 0.3) is 22.2 Å². The molecule has 0 atom stereocenters. The molecule has 0 saturated carbocycles. The van der Waals surface area contributed by atoms with Gasteiger partial charge in [-0.3, -0.25) is 4.79 Å². The van der Waals surface area contributed by atoms with Crippen LogP contribution in [0.15, 0.2) is 55.4 Å². The highest BCUT2D eigenvalue weighted by Gasteiger charge is 2.19. The Balaban J connectivity index is 1.71. The number of anilines is 4. The summed E-state index contributed by atoms with van der Waals surface area (Å²) in [4.78, 5) is 29.9. The maximum absolute atomic E-state index is 13.8. The van der Waals surface area contributed by atoms with Gasteiger partial charge in [0.15, 0.2) is 5.82 Å². The van der Waals surface area contributed by atoms with E-state index in [9.17, 15) is 9.18 Å². The molecule has 3 aromatic heterocycles. The molecule has 11 heteroatoms. The van der Waals surface area contributed by atoms with E-state index in [0.717, 1.165) is 23.0 Å². The molecule has 0 aliphatic carbocycles. The van der Waals surface area contributed by atoms with Gasteiger partial charge in [-0.15, -0.1) is 0 Å². The summed E-state index contributed by atoms with van der Waals surface area (Å²) in [5, 5.41) is 6.86. The Morgan fingerprint density at radius 3 is 2.66 bits per heavy atom. The molecule has 3 heterocycles. The zero-order valence-corrected chi connectivity index (χ0v) is 22.1. The van der Waals surface area contributed by atoms with Crippen LogP contribution in [-0.4, -0.2) is 71.7 Å². The minimum atomic E-state index is -0.365. The number of methoxy groups -OCH3 is 1. The second-order valence-electron chi connectivity index (χ2n) is 9.04. The standard InChI is InChI=1S/C27H31FN8O2/c1-7-24(37)30-21-15-22(26(38-6)33-25(21)35(4)13-12-34(2)3)32-27-29-11-10-20(31-27)19-16-36(5)23-14-17(28)8-9-18(19)23/h7-11,14-16H,1,12-13H2,2-6H3,(H,30,37)(H,29,31,32). The lowest BCUT2D eigenvalue weighted by atomic mass is 10.1. The molecule has 38 heavy (non-hydrogen) atoms. The monoisotopic (exact) mass is 518 g/mol. The van der Waals surface area contributed by atoms with Gasteiger partial charge in [0.05, 0.1) is 24.0 Å². The lowest BCUT2D eigenvalue weighted by Crippen LogP contribution is -2.30. The molecule has 0 spiro atoms. The van der Waals surface area contributed by atoms with Gasteiger partial charge < -0.3 is 29.7 Å². The number of aryl methyl sites for hydroxylation is 1.